The lowest BCUT2D eigenvalue weighted by Crippen LogP contribution is -1.87. The molecule has 1 aromatic rings. The van der Waals surface area contributed by atoms with Gasteiger partial charge in [-0.05, 0) is 42.5 Å². The second-order valence-electron chi connectivity index (χ2n) is 3.56. The minimum Gasteiger partial charge on any atom is -0.207 e. The Morgan fingerprint density at radius 3 is 2.56 bits per heavy atom. The smallest absolute Gasteiger partial charge is 0.136 e. The van der Waals surface area contributed by atoms with E-state index in [-0.39, 0.29) is 11.6 Å². The van der Waals surface area contributed by atoms with Crippen molar-refractivity contribution >= 4 is 24.4 Å². The monoisotopic (exact) mass is 262 g/mol. The number of thioether (sulfide) groups is 1. The molecule has 16 heavy (non-hydrogen) atoms. The van der Waals surface area contributed by atoms with E-state index in [0.29, 0.717) is 4.90 Å². The molecule has 1 aromatic carbocycles. The first-order chi connectivity index (χ1) is 7.74. The maximum atomic E-state index is 13.2. The maximum Gasteiger partial charge on any atom is 0.136 e. The van der Waals surface area contributed by atoms with Gasteiger partial charge in [0.15, 0.2) is 0 Å². The summed E-state index contributed by atoms with van der Waals surface area (Å²) in [6, 6.07) is 3.58. The van der Waals surface area contributed by atoms with E-state index in [0.717, 1.165) is 43.3 Å². The predicted octanol–water partition coefficient (Wildman–Crippen LogP) is 4.55. The van der Waals surface area contributed by atoms with E-state index in [1.165, 1.54) is 23.9 Å². The van der Waals surface area contributed by atoms with Crippen LogP contribution in [0.5, 0.6) is 0 Å². The molecule has 0 saturated heterocycles. The van der Waals surface area contributed by atoms with Crippen LogP contribution in [0.2, 0.25) is 0 Å². The summed E-state index contributed by atoms with van der Waals surface area (Å²) in [5.74, 6) is 1.05. The highest BCUT2D eigenvalue weighted by Crippen LogP contribution is 2.23. The van der Waals surface area contributed by atoms with Gasteiger partial charge in [0.1, 0.15) is 11.6 Å². The van der Waals surface area contributed by atoms with Gasteiger partial charge < -0.3 is 0 Å². The molecule has 0 fully saturated rings. The predicted molar refractivity (Wildman–Crippen MR) is 69.4 cm³/mol. The zero-order valence-corrected chi connectivity index (χ0v) is 10.8. The van der Waals surface area contributed by atoms with Crippen molar-refractivity contribution in [1.29, 1.82) is 0 Å². The maximum absolute atomic E-state index is 13.2. The molecule has 0 amide bonds. The Hall–Kier alpha value is -0.220. The van der Waals surface area contributed by atoms with Crippen LogP contribution >= 0.6 is 24.4 Å². The molecular formula is C12H16F2S2. The lowest BCUT2D eigenvalue weighted by atomic mass is 10.2. The molecule has 1 rings (SSSR count). The molecule has 0 unspecified atom stereocenters. The summed E-state index contributed by atoms with van der Waals surface area (Å²) < 4.78 is 26.0. The molecule has 0 heterocycles. The fourth-order valence-electron chi connectivity index (χ4n) is 1.34. The second kappa shape index (κ2) is 7.96. The van der Waals surface area contributed by atoms with Crippen LogP contribution in [0.1, 0.15) is 25.7 Å². The van der Waals surface area contributed by atoms with Gasteiger partial charge in [-0.15, -0.1) is 11.8 Å². The Morgan fingerprint density at radius 2 is 1.81 bits per heavy atom. The van der Waals surface area contributed by atoms with Crippen LogP contribution in [0.25, 0.3) is 0 Å². The Kier molecular flexibility index (Phi) is 6.88. The van der Waals surface area contributed by atoms with E-state index in [2.05, 4.69) is 12.6 Å². The SMILES string of the molecule is Fc1ccc(F)c(SCCCCCCS)c1. The molecule has 0 aliphatic carbocycles. The average Bonchev–Trinajstić information content (AvgIpc) is 2.28. The third kappa shape index (κ3) is 5.21. The molecule has 90 valence electrons. The minimum absolute atomic E-state index is 0.332. The Bertz CT molecular complexity index is 316. The van der Waals surface area contributed by atoms with Gasteiger partial charge in [0.2, 0.25) is 0 Å². The Labute approximate surface area is 105 Å². The zero-order valence-electron chi connectivity index (χ0n) is 9.09. The van der Waals surface area contributed by atoms with Crippen LogP contribution in [0.3, 0.4) is 0 Å². The normalized spacial score (nSPS) is 10.7. The van der Waals surface area contributed by atoms with Crippen LogP contribution in [-0.2, 0) is 0 Å². The zero-order chi connectivity index (χ0) is 11.8. The van der Waals surface area contributed by atoms with E-state index in [1.54, 1.807) is 0 Å². The first kappa shape index (κ1) is 13.8. The number of unbranched alkanes of at least 4 members (excludes halogenated alkanes) is 3. The summed E-state index contributed by atoms with van der Waals surface area (Å²) in [6.45, 7) is 0. The van der Waals surface area contributed by atoms with E-state index < -0.39 is 0 Å². The molecule has 0 radical (unpaired) electrons. The number of rotatable bonds is 7. The lowest BCUT2D eigenvalue weighted by molar-refractivity contribution is 0.577. The van der Waals surface area contributed by atoms with Crippen LogP contribution in [0, 0.1) is 11.6 Å². The van der Waals surface area contributed by atoms with Crippen molar-refractivity contribution in [3.63, 3.8) is 0 Å². The molecule has 0 aromatic heterocycles. The summed E-state index contributed by atoms with van der Waals surface area (Å²) >= 11 is 5.52. The van der Waals surface area contributed by atoms with Crippen LogP contribution in [-0.4, -0.2) is 11.5 Å². The second-order valence-corrected chi connectivity index (χ2v) is 5.14. The van der Waals surface area contributed by atoms with Gasteiger partial charge in [-0.2, -0.15) is 12.6 Å². The Balaban J connectivity index is 2.23. The van der Waals surface area contributed by atoms with Crippen LogP contribution < -0.4 is 0 Å². The minimum atomic E-state index is -0.376. The van der Waals surface area contributed by atoms with Gasteiger partial charge in [-0.25, -0.2) is 8.78 Å². The molecule has 4 heteroatoms. The fraction of sp³-hybridized carbons (Fsp3) is 0.500. The highest BCUT2D eigenvalue weighted by molar-refractivity contribution is 7.99. The molecule has 0 aliphatic rings. The van der Waals surface area contributed by atoms with Gasteiger partial charge in [0.25, 0.3) is 0 Å². The standard InChI is InChI=1S/C12H16F2S2/c13-10-5-6-11(14)12(9-10)16-8-4-2-1-3-7-15/h5-6,9,15H,1-4,7-8H2. The molecule has 0 bridgehead atoms. The highest BCUT2D eigenvalue weighted by atomic mass is 32.2. The van der Waals surface area contributed by atoms with E-state index in [1.807, 2.05) is 0 Å². The molecule has 0 nitrogen and oxygen atoms in total. The van der Waals surface area contributed by atoms with Gasteiger partial charge in [-0.3, -0.25) is 0 Å². The fourth-order valence-corrected chi connectivity index (χ4v) is 2.53. The highest BCUT2D eigenvalue weighted by Gasteiger charge is 2.03. The van der Waals surface area contributed by atoms with Crippen molar-refractivity contribution in [2.75, 3.05) is 11.5 Å². The summed E-state index contributed by atoms with van der Waals surface area (Å²) in [5, 5.41) is 0. The summed E-state index contributed by atoms with van der Waals surface area (Å²) in [5.41, 5.74) is 0. The lowest BCUT2D eigenvalue weighted by Gasteiger charge is -2.03. The third-order valence-electron chi connectivity index (χ3n) is 2.20. The topological polar surface area (TPSA) is 0 Å². The van der Waals surface area contributed by atoms with E-state index in [4.69, 9.17) is 0 Å². The number of halogens is 2. The van der Waals surface area contributed by atoms with Crippen molar-refractivity contribution in [2.45, 2.75) is 30.6 Å². The number of hydrogen-bond donors (Lipinski definition) is 1. The van der Waals surface area contributed by atoms with Crippen LogP contribution in [0.4, 0.5) is 8.78 Å². The molecule has 0 spiro atoms. The largest absolute Gasteiger partial charge is 0.207 e. The first-order valence-electron chi connectivity index (χ1n) is 5.43. The quantitative estimate of drug-likeness (QED) is 0.427. The molecule has 0 N–H and O–H groups in total. The van der Waals surface area contributed by atoms with Gasteiger partial charge >= 0.3 is 0 Å². The van der Waals surface area contributed by atoms with Crippen LogP contribution in [0.15, 0.2) is 23.1 Å². The first-order valence-corrected chi connectivity index (χ1v) is 7.04. The van der Waals surface area contributed by atoms with E-state index >= 15 is 0 Å². The molecule has 0 saturated carbocycles. The average molecular weight is 262 g/mol. The van der Waals surface area contributed by atoms with E-state index in [9.17, 15) is 8.78 Å². The summed E-state index contributed by atoms with van der Waals surface area (Å²) in [4.78, 5) is 0.411. The van der Waals surface area contributed by atoms with Crippen molar-refractivity contribution < 1.29 is 8.78 Å². The molecule has 0 atom stereocenters. The third-order valence-corrected chi connectivity index (χ3v) is 3.64. The van der Waals surface area contributed by atoms with Crippen molar-refractivity contribution in [1.82, 2.24) is 0 Å². The van der Waals surface area contributed by atoms with Crippen molar-refractivity contribution in [3.05, 3.63) is 29.8 Å². The van der Waals surface area contributed by atoms with Gasteiger partial charge in [0.05, 0.1) is 0 Å². The molecular weight excluding hydrogens is 246 g/mol. The van der Waals surface area contributed by atoms with Gasteiger partial charge in [0, 0.05) is 4.90 Å². The van der Waals surface area contributed by atoms with Gasteiger partial charge in [-0.1, -0.05) is 12.8 Å². The number of hydrogen-bond acceptors (Lipinski definition) is 2. The molecule has 0 aliphatic heterocycles. The van der Waals surface area contributed by atoms with Crippen molar-refractivity contribution in [3.8, 4) is 0 Å². The Morgan fingerprint density at radius 1 is 1.06 bits per heavy atom. The number of benzene rings is 1. The summed E-state index contributed by atoms with van der Waals surface area (Å²) in [6.07, 6.45) is 4.46. The number of thiol groups is 1. The van der Waals surface area contributed by atoms with Crippen molar-refractivity contribution in [2.24, 2.45) is 0 Å². The summed E-state index contributed by atoms with van der Waals surface area (Å²) in [7, 11) is 0.